The predicted molar refractivity (Wildman–Crippen MR) is 76.0 cm³/mol. The van der Waals surface area contributed by atoms with Gasteiger partial charge in [-0.25, -0.2) is 0 Å². The van der Waals surface area contributed by atoms with Crippen molar-refractivity contribution in [3.8, 4) is 0 Å². The van der Waals surface area contributed by atoms with Crippen molar-refractivity contribution in [1.82, 2.24) is 0 Å². The molecule has 3 heteroatoms. The molecule has 2 rings (SSSR count). The lowest BCUT2D eigenvalue weighted by atomic mass is 9.85. The molecule has 0 radical (unpaired) electrons. The molecule has 0 saturated heterocycles. The third kappa shape index (κ3) is 2.84. The van der Waals surface area contributed by atoms with E-state index < -0.39 is 0 Å². The van der Waals surface area contributed by atoms with E-state index in [9.17, 15) is 4.79 Å². The highest BCUT2D eigenvalue weighted by Crippen LogP contribution is 2.28. The van der Waals surface area contributed by atoms with E-state index in [2.05, 4.69) is 36.2 Å². The first kappa shape index (κ1) is 12.9. The van der Waals surface area contributed by atoms with Crippen molar-refractivity contribution in [3.63, 3.8) is 0 Å². The maximum absolute atomic E-state index is 11.8. The van der Waals surface area contributed by atoms with E-state index in [0.717, 1.165) is 31.6 Å². The van der Waals surface area contributed by atoms with Crippen LogP contribution in [0.25, 0.3) is 0 Å². The molecule has 18 heavy (non-hydrogen) atoms. The van der Waals surface area contributed by atoms with Crippen LogP contribution in [0.3, 0.4) is 0 Å². The highest BCUT2D eigenvalue weighted by Gasteiger charge is 2.24. The van der Waals surface area contributed by atoms with Gasteiger partial charge < -0.3 is 10.2 Å². The Labute approximate surface area is 109 Å². The fraction of sp³-hybridized carbons (Fsp3) is 0.533. The molecule has 1 aliphatic carbocycles. The average molecular weight is 246 g/mol. The van der Waals surface area contributed by atoms with Gasteiger partial charge >= 0.3 is 0 Å². The van der Waals surface area contributed by atoms with Crippen LogP contribution in [-0.4, -0.2) is 19.0 Å². The van der Waals surface area contributed by atoms with Crippen molar-refractivity contribution in [2.24, 2.45) is 5.92 Å². The molecular weight excluding hydrogens is 224 g/mol. The number of amides is 1. The van der Waals surface area contributed by atoms with Crippen LogP contribution >= 0.6 is 0 Å². The quantitative estimate of drug-likeness (QED) is 0.864. The van der Waals surface area contributed by atoms with E-state index in [1.165, 1.54) is 12.1 Å². The molecule has 1 aliphatic rings. The number of hydrogen-bond donors (Lipinski definition) is 1. The molecule has 1 aromatic carbocycles. The zero-order valence-corrected chi connectivity index (χ0v) is 11.3. The first-order chi connectivity index (χ1) is 8.74. The largest absolute Gasteiger partial charge is 0.372 e. The summed E-state index contributed by atoms with van der Waals surface area (Å²) in [6.07, 6.45) is 3.28. The normalized spacial score (nSPS) is 15.0. The summed E-state index contributed by atoms with van der Waals surface area (Å²) in [5, 5.41) is 2.99. The summed E-state index contributed by atoms with van der Waals surface area (Å²) in [5.74, 6) is 0.421. The van der Waals surface area contributed by atoms with Gasteiger partial charge in [-0.3, -0.25) is 4.79 Å². The Bertz CT molecular complexity index is 391. The molecule has 0 atom stereocenters. The predicted octanol–water partition coefficient (Wildman–Crippen LogP) is 3.27. The molecule has 0 aromatic heterocycles. The topological polar surface area (TPSA) is 32.3 Å². The molecule has 3 nitrogen and oxygen atoms in total. The first-order valence-electron chi connectivity index (χ1n) is 6.90. The maximum atomic E-state index is 11.8. The lowest BCUT2D eigenvalue weighted by Crippen LogP contribution is -2.28. The minimum atomic E-state index is 0.178. The van der Waals surface area contributed by atoms with E-state index >= 15 is 0 Å². The van der Waals surface area contributed by atoms with E-state index in [0.29, 0.717) is 0 Å². The highest BCUT2D eigenvalue weighted by molar-refractivity contribution is 5.93. The number of carbonyl (C=O) groups excluding carboxylic acids is 1. The Morgan fingerprint density at radius 3 is 2.28 bits per heavy atom. The van der Waals surface area contributed by atoms with Crippen LogP contribution in [0.15, 0.2) is 24.3 Å². The molecule has 1 amide bonds. The summed E-state index contributed by atoms with van der Waals surface area (Å²) >= 11 is 0. The summed E-state index contributed by atoms with van der Waals surface area (Å²) in [6, 6.07) is 8.13. The third-order valence-corrected chi connectivity index (χ3v) is 3.74. The molecular formula is C15H22N2O. The number of hydrogen-bond acceptors (Lipinski definition) is 2. The molecule has 0 unspecified atom stereocenters. The molecule has 1 saturated carbocycles. The van der Waals surface area contributed by atoms with Gasteiger partial charge in [-0.1, -0.05) is 6.42 Å². The van der Waals surface area contributed by atoms with Crippen LogP contribution in [0, 0.1) is 5.92 Å². The number of anilines is 2. The van der Waals surface area contributed by atoms with E-state index in [1.807, 2.05) is 12.1 Å². The van der Waals surface area contributed by atoms with E-state index in [4.69, 9.17) is 0 Å². The third-order valence-electron chi connectivity index (χ3n) is 3.74. The van der Waals surface area contributed by atoms with Gasteiger partial charge in [0.2, 0.25) is 5.91 Å². The summed E-state index contributed by atoms with van der Waals surface area (Å²) < 4.78 is 0. The molecule has 1 aromatic rings. The van der Waals surface area contributed by atoms with Crippen LogP contribution in [0.1, 0.15) is 33.1 Å². The zero-order chi connectivity index (χ0) is 13.0. The molecule has 0 aliphatic heterocycles. The van der Waals surface area contributed by atoms with E-state index in [-0.39, 0.29) is 11.8 Å². The van der Waals surface area contributed by atoms with Gasteiger partial charge in [0.15, 0.2) is 0 Å². The number of carbonyl (C=O) groups is 1. The van der Waals surface area contributed by atoms with Gasteiger partial charge in [-0.2, -0.15) is 0 Å². The van der Waals surface area contributed by atoms with Crippen LogP contribution < -0.4 is 10.2 Å². The van der Waals surface area contributed by atoms with Crippen molar-refractivity contribution >= 4 is 17.3 Å². The molecule has 0 spiro atoms. The molecule has 1 fully saturated rings. The van der Waals surface area contributed by atoms with Gasteiger partial charge in [0, 0.05) is 30.4 Å². The van der Waals surface area contributed by atoms with Gasteiger partial charge in [0.1, 0.15) is 0 Å². The first-order valence-corrected chi connectivity index (χ1v) is 6.90. The Kier molecular flexibility index (Phi) is 4.24. The van der Waals surface area contributed by atoms with Crippen molar-refractivity contribution in [2.75, 3.05) is 23.3 Å². The van der Waals surface area contributed by atoms with Crippen LogP contribution in [0.4, 0.5) is 11.4 Å². The minimum absolute atomic E-state index is 0.178. The second kappa shape index (κ2) is 5.89. The van der Waals surface area contributed by atoms with Crippen molar-refractivity contribution in [3.05, 3.63) is 24.3 Å². The van der Waals surface area contributed by atoms with Crippen LogP contribution in [0.5, 0.6) is 0 Å². The summed E-state index contributed by atoms with van der Waals surface area (Å²) in [7, 11) is 0. The number of benzene rings is 1. The van der Waals surface area contributed by atoms with Gasteiger partial charge in [-0.05, 0) is 51.0 Å². The number of nitrogens with one attached hydrogen (secondary N) is 1. The summed E-state index contributed by atoms with van der Waals surface area (Å²) in [6.45, 7) is 6.31. The Balaban J connectivity index is 1.96. The van der Waals surface area contributed by atoms with Crippen molar-refractivity contribution in [1.29, 1.82) is 0 Å². The standard InChI is InChI=1S/C15H22N2O/c1-3-17(4-2)14-10-8-13(9-11-14)16-15(18)12-6-5-7-12/h8-12H,3-7H2,1-2H3,(H,16,18). The average Bonchev–Trinajstić information content (AvgIpc) is 2.30. The van der Waals surface area contributed by atoms with Gasteiger partial charge in [0.25, 0.3) is 0 Å². The Morgan fingerprint density at radius 2 is 1.83 bits per heavy atom. The SMILES string of the molecule is CCN(CC)c1ccc(NC(=O)C2CCC2)cc1. The summed E-state index contributed by atoms with van der Waals surface area (Å²) in [5.41, 5.74) is 2.12. The Morgan fingerprint density at radius 1 is 1.22 bits per heavy atom. The number of rotatable bonds is 5. The van der Waals surface area contributed by atoms with Crippen molar-refractivity contribution < 1.29 is 4.79 Å². The van der Waals surface area contributed by atoms with Gasteiger partial charge in [0.05, 0.1) is 0 Å². The van der Waals surface area contributed by atoms with Crippen molar-refractivity contribution in [2.45, 2.75) is 33.1 Å². The second-order valence-corrected chi connectivity index (χ2v) is 4.84. The molecule has 0 bridgehead atoms. The lowest BCUT2D eigenvalue weighted by molar-refractivity contribution is -0.122. The summed E-state index contributed by atoms with van der Waals surface area (Å²) in [4.78, 5) is 14.1. The smallest absolute Gasteiger partial charge is 0.227 e. The fourth-order valence-corrected chi connectivity index (χ4v) is 2.26. The molecule has 1 N–H and O–H groups in total. The molecule has 0 heterocycles. The zero-order valence-electron chi connectivity index (χ0n) is 11.3. The van der Waals surface area contributed by atoms with E-state index in [1.54, 1.807) is 0 Å². The van der Waals surface area contributed by atoms with Crippen LogP contribution in [-0.2, 0) is 4.79 Å². The Hall–Kier alpha value is -1.51. The highest BCUT2D eigenvalue weighted by atomic mass is 16.1. The minimum Gasteiger partial charge on any atom is -0.372 e. The maximum Gasteiger partial charge on any atom is 0.227 e. The fourth-order valence-electron chi connectivity index (χ4n) is 2.26. The lowest BCUT2D eigenvalue weighted by Gasteiger charge is -2.24. The monoisotopic (exact) mass is 246 g/mol. The molecule has 98 valence electrons. The number of nitrogens with zero attached hydrogens (tertiary/aromatic N) is 1. The second-order valence-electron chi connectivity index (χ2n) is 4.84. The van der Waals surface area contributed by atoms with Crippen LogP contribution in [0.2, 0.25) is 0 Å². The van der Waals surface area contributed by atoms with Gasteiger partial charge in [-0.15, -0.1) is 0 Å².